The van der Waals surface area contributed by atoms with Gasteiger partial charge in [0.15, 0.2) is 0 Å². The van der Waals surface area contributed by atoms with Gasteiger partial charge in [-0.2, -0.15) is 0 Å². The highest BCUT2D eigenvalue weighted by Gasteiger charge is 2.02. The lowest BCUT2D eigenvalue weighted by atomic mass is 10.3. The summed E-state index contributed by atoms with van der Waals surface area (Å²) in [6.45, 7) is 2.15. The number of nitrogens with one attached hydrogen (secondary N) is 2. The molecule has 0 aliphatic carbocycles. The number of benzene rings is 1. The van der Waals surface area contributed by atoms with Crippen LogP contribution in [0, 0.1) is 0 Å². The van der Waals surface area contributed by atoms with E-state index >= 15 is 0 Å². The lowest BCUT2D eigenvalue weighted by Crippen LogP contribution is -2.00. The predicted octanol–water partition coefficient (Wildman–Crippen LogP) is 2.34. The summed E-state index contributed by atoms with van der Waals surface area (Å²) in [5.74, 6) is 0. The molecule has 12 heavy (non-hydrogen) atoms. The van der Waals surface area contributed by atoms with Crippen molar-refractivity contribution in [1.29, 1.82) is 0 Å². The van der Waals surface area contributed by atoms with Crippen LogP contribution >= 0.6 is 12.4 Å². The van der Waals surface area contributed by atoms with Crippen LogP contribution in [0.2, 0.25) is 0 Å². The van der Waals surface area contributed by atoms with Crippen molar-refractivity contribution >= 4 is 23.8 Å². The van der Waals surface area contributed by atoms with Crippen molar-refractivity contribution in [3.63, 3.8) is 0 Å². The Balaban J connectivity index is 0.000000720. The summed E-state index contributed by atoms with van der Waals surface area (Å²) < 4.78 is 0. The third kappa shape index (κ3) is 1.83. The average molecular weight is 185 g/mol. The van der Waals surface area contributed by atoms with E-state index in [0.717, 1.165) is 13.1 Å². The predicted molar refractivity (Wildman–Crippen MR) is 55.3 cm³/mol. The Kier molecular flexibility index (Phi) is 3.23. The highest BCUT2D eigenvalue weighted by atomic mass is 35.5. The average Bonchev–Trinajstić information content (AvgIpc) is 2.28. The van der Waals surface area contributed by atoms with Crippen molar-refractivity contribution in [1.82, 2.24) is 0 Å². The van der Waals surface area contributed by atoms with Gasteiger partial charge in [0, 0.05) is 13.1 Å². The second kappa shape index (κ2) is 4.21. The van der Waals surface area contributed by atoms with Crippen LogP contribution in [0.15, 0.2) is 24.3 Å². The van der Waals surface area contributed by atoms with Crippen molar-refractivity contribution in [3.8, 4) is 0 Å². The quantitative estimate of drug-likeness (QED) is 0.647. The molecule has 0 bridgehead atoms. The van der Waals surface area contributed by atoms with Crippen molar-refractivity contribution in [2.24, 2.45) is 0 Å². The first-order valence-electron chi connectivity index (χ1n) is 4.03. The number of rotatable bonds is 0. The highest BCUT2D eigenvalue weighted by Crippen LogP contribution is 2.22. The van der Waals surface area contributed by atoms with Crippen LogP contribution in [0.3, 0.4) is 0 Å². The summed E-state index contributed by atoms with van der Waals surface area (Å²) in [5.41, 5.74) is 2.45. The molecule has 0 unspecified atom stereocenters. The summed E-state index contributed by atoms with van der Waals surface area (Å²) in [4.78, 5) is 0. The van der Waals surface area contributed by atoms with Gasteiger partial charge in [0.05, 0.1) is 11.4 Å². The number of hydrogen-bond acceptors (Lipinski definition) is 2. The molecule has 0 saturated carbocycles. The van der Waals surface area contributed by atoms with Gasteiger partial charge >= 0.3 is 0 Å². The van der Waals surface area contributed by atoms with Crippen LogP contribution < -0.4 is 10.6 Å². The highest BCUT2D eigenvalue weighted by molar-refractivity contribution is 5.85. The Morgan fingerprint density at radius 3 is 1.92 bits per heavy atom. The molecule has 0 saturated heterocycles. The molecule has 1 aromatic rings. The molecule has 2 N–H and O–H groups in total. The fourth-order valence-electron chi connectivity index (χ4n) is 1.33. The number of para-hydroxylation sites is 2. The molecule has 0 radical (unpaired) electrons. The van der Waals surface area contributed by atoms with Crippen LogP contribution in [0.4, 0.5) is 11.4 Å². The molecule has 0 spiro atoms. The molecular formula is C9H13ClN2. The van der Waals surface area contributed by atoms with E-state index < -0.39 is 0 Å². The molecular weight excluding hydrogens is 172 g/mol. The van der Waals surface area contributed by atoms with Crippen LogP contribution in [-0.2, 0) is 0 Å². The molecule has 0 fully saturated rings. The van der Waals surface area contributed by atoms with Crippen molar-refractivity contribution in [2.45, 2.75) is 6.42 Å². The molecule has 1 aliphatic heterocycles. The van der Waals surface area contributed by atoms with Crippen LogP contribution in [0.1, 0.15) is 6.42 Å². The van der Waals surface area contributed by atoms with Crippen LogP contribution in [0.25, 0.3) is 0 Å². The van der Waals surface area contributed by atoms with E-state index in [4.69, 9.17) is 0 Å². The lowest BCUT2D eigenvalue weighted by molar-refractivity contribution is 0.928. The second-order valence-corrected chi connectivity index (χ2v) is 2.75. The van der Waals surface area contributed by atoms with E-state index in [0.29, 0.717) is 0 Å². The Morgan fingerprint density at radius 2 is 1.42 bits per heavy atom. The van der Waals surface area contributed by atoms with Gasteiger partial charge in [-0.05, 0) is 18.6 Å². The van der Waals surface area contributed by atoms with Crippen molar-refractivity contribution < 1.29 is 0 Å². The van der Waals surface area contributed by atoms with E-state index in [1.165, 1.54) is 17.8 Å². The van der Waals surface area contributed by atoms with E-state index in [-0.39, 0.29) is 12.4 Å². The zero-order valence-corrected chi connectivity index (χ0v) is 7.66. The minimum absolute atomic E-state index is 0. The van der Waals surface area contributed by atoms with Gasteiger partial charge in [0.25, 0.3) is 0 Å². The fourth-order valence-corrected chi connectivity index (χ4v) is 1.33. The Hall–Kier alpha value is -0.890. The molecule has 0 atom stereocenters. The van der Waals surface area contributed by atoms with Crippen LogP contribution in [0.5, 0.6) is 0 Å². The summed E-state index contributed by atoms with van der Waals surface area (Å²) in [6.07, 6.45) is 1.19. The summed E-state index contributed by atoms with van der Waals surface area (Å²) >= 11 is 0. The van der Waals surface area contributed by atoms with Gasteiger partial charge in [-0.25, -0.2) is 0 Å². The van der Waals surface area contributed by atoms with E-state index in [1.54, 1.807) is 0 Å². The monoisotopic (exact) mass is 184 g/mol. The van der Waals surface area contributed by atoms with Crippen molar-refractivity contribution in [3.05, 3.63) is 24.3 Å². The molecule has 0 aromatic heterocycles. The second-order valence-electron chi connectivity index (χ2n) is 2.75. The third-order valence-electron chi connectivity index (χ3n) is 1.91. The smallest absolute Gasteiger partial charge is 0.0576 e. The third-order valence-corrected chi connectivity index (χ3v) is 1.91. The SMILES string of the molecule is Cl.c1ccc2c(c1)NCCCN2. The molecule has 2 nitrogen and oxygen atoms in total. The van der Waals surface area contributed by atoms with Gasteiger partial charge < -0.3 is 10.6 Å². The lowest BCUT2D eigenvalue weighted by Gasteiger charge is -2.06. The van der Waals surface area contributed by atoms with Crippen LogP contribution in [-0.4, -0.2) is 13.1 Å². The standard InChI is InChI=1S/C9H12N2.ClH/c1-2-5-9-8(4-1)10-6-3-7-11-9;/h1-2,4-5,10-11H,3,6-7H2;1H. The van der Waals surface area contributed by atoms with Crippen molar-refractivity contribution in [2.75, 3.05) is 23.7 Å². The van der Waals surface area contributed by atoms with Gasteiger partial charge in [-0.3, -0.25) is 0 Å². The summed E-state index contributed by atoms with van der Waals surface area (Å²) in [5, 5.41) is 6.73. The summed E-state index contributed by atoms with van der Waals surface area (Å²) in [7, 11) is 0. The van der Waals surface area contributed by atoms with Gasteiger partial charge in [0.1, 0.15) is 0 Å². The molecule has 3 heteroatoms. The zero-order chi connectivity index (χ0) is 7.52. The van der Waals surface area contributed by atoms with Gasteiger partial charge in [0.2, 0.25) is 0 Å². The largest absolute Gasteiger partial charge is 0.383 e. The zero-order valence-electron chi connectivity index (χ0n) is 6.84. The number of hydrogen-bond donors (Lipinski definition) is 2. The topological polar surface area (TPSA) is 24.1 Å². The molecule has 66 valence electrons. The first-order valence-corrected chi connectivity index (χ1v) is 4.03. The first-order chi connectivity index (χ1) is 5.47. The Labute approximate surface area is 78.8 Å². The molecule has 1 aliphatic rings. The Morgan fingerprint density at radius 1 is 0.917 bits per heavy atom. The maximum atomic E-state index is 3.36. The normalized spacial score (nSPS) is 14.3. The maximum absolute atomic E-state index is 3.36. The number of halogens is 1. The van der Waals surface area contributed by atoms with E-state index in [1.807, 2.05) is 0 Å². The first kappa shape index (κ1) is 9.20. The van der Waals surface area contributed by atoms with Gasteiger partial charge in [-0.15, -0.1) is 12.4 Å². The maximum Gasteiger partial charge on any atom is 0.0576 e. The minimum Gasteiger partial charge on any atom is -0.383 e. The fraction of sp³-hybridized carbons (Fsp3) is 0.333. The van der Waals surface area contributed by atoms with E-state index in [9.17, 15) is 0 Å². The van der Waals surface area contributed by atoms with E-state index in [2.05, 4.69) is 34.9 Å². The molecule has 0 amide bonds. The molecule has 1 heterocycles. The molecule has 1 aromatic carbocycles. The molecule has 2 rings (SSSR count). The minimum atomic E-state index is 0. The summed E-state index contributed by atoms with van der Waals surface area (Å²) in [6, 6.07) is 8.32. The number of anilines is 2. The Bertz CT molecular complexity index is 225. The number of fused-ring (bicyclic) bond motifs is 1. The van der Waals surface area contributed by atoms with Gasteiger partial charge in [-0.1, -0.05) is 12.1 Å².